The Bertz CT molecular complexity index is 2650. The number of rotatable bonds is 3. The number of nitrogens with one attached hydrogen (secondary N) is 1. The lowest BCUT2D eigenvalue weighted by Gasteiger charge is -2.22. The van der Waals surface area contributed by atoms with Crippen molar-refractivity contribution in [3.63, 3.8) is 0 Å². The van der Waals surface area contributed by atoms with E-state index in [2.05, 4.69) is 169 Å². The van der Waals surface area contributed by atoms with Gasteiger partial charge in [0.2, 0.25) is 0 Å². The third-order valence-electron chi connectivity index (χ3n) is 10.3. The molecule has 220 valence electrons. The molecule has 1 N–H and O–H groups in total. The molecule has 1 heterocycles. The summed E-state index contributed by atoms with van der Waals surface area (Å²) in [7, 11) is 0. The average molecular weight is 598 g/mol. The molecule has 7 aromatic carbocycles. The summed E-state index contributed by atoms with van der Waals surface area (Å²) >= 11 is 0. The van der Waals surface area contributed by atoms with E-state index in [9.17, 15) is 0 Å². The number of allylic oxidation sites excluding steroid dienone is 8. The molecular weight excluding hydrogens is 567 g/mol. The average Bonchev–Trinajstić information content (AvgIpc) is 3.49. The number of hydrogen-bond donors (Lipinski definition) is 1. The van der Waals surface area contributed by atoms with Crippen molar-refractivity contribution in [1.29, 1.82) is 0 Å². The Labute approximate surface area is 273 Å². The summed E-state index contributed by atoms with van der Waals surface area (Å²) < 4.78 is 0. The van der Waals surface area contributed by atoms with Gasteiger partial charge in [0.05, 0.1) is 0 Å². The molecule has 0 radical (unpaired) electrons. The lowest BCUT2D eigenvalue weighted by molar-refractivity contribution is 0.783. The molecule has 1 nitrogen and oxygen atoms in total. The molecule has 1 unspecified atom stereocenters. The van der Waals surface area contributed by atoms with Crippen molar-refractivity contribution in [3.05, 3.63) is 175 Å². The number of aromatic nitrogens is 1. The monoisotopic (exact) mass is 597 g/mol. The molecule has 8 aromatic rings. The van der Waals surface area contributed by atoms with Gasteiger partial charge in [0.1, 0.15) is 0 Å². The summed E-state index contributed by atoms with van der Waals surface area (Å²) in [5, 5.41) is 10.1. The minimum absolute atomic E-state index is 0.496. The molecule has 0 bridgehead atoms. The molecule has 1 heteroatoms. The zero-order valence-electron chi connectivity index (χ0n) is 25.9. The van der Waals surface area contributed by atoms with Crippen molar-refractivity contribution in [2.45, 2.75) is 6.42 Å². The van der Waals surface area contributed by atoms with Gasteiger partial charge in [-0.1, -0.05) is 134 Å². The van der Waals surface area contributed by atoms with Gasteiger partial charge < -0.3 is 4.98 Å². The van der Waals surface area contributed by atoms with Crippen LogP contribution >= 0.6 is 0 Å². The van der Waals surface area contributed by atoms with Crippen molar-refractivity contribution in [2.24, 2.45) is 5.92 Å². The summed E-state index contributed by atoms with van der Waals surface area (Å²) in [6.07, 6.45) is 14.7. The van der Waals surface area contributed by atoms with Crippen molar-refractivity contribution in [2.75, 3.05) is 0 Å². The minimum Gasteiger partial charge on any atom is -0.354 e. The largest absolute Gasteiger partial charge is 0.354 e. The predicted octanol–water partition coefficient (Wildman–Crippen LogP) is 12.6. The molecule has 2 aliphatic rings. The second-order valence-electron chi connectivity index (χ2n) is 12.9. The first-order chi connectivity index (χ1) is 23.3. The molecule has 0 saturated carbocycles. The maximum atomic E-state index is 3.69. The van der Waals surface area contributed by atoms with Crippen LogP contribution in [0.15, 0.2) is 169 Å². The highest BCUT2D eigenvalue weighted by atomic mass is 14.7. The second kappa shape index (κ2) is 10.3. The van der Waals surface area contributed by atoms with Gasteiger partial charge in [-0.3, -0.25) is 0 Å². The molecular formula is C46H31N. The zero-order valence-corrected chi connectivity index (χ0v) is 25.9. The van der Waals surface area contributed by atoms with Gasteiger partial charge in [0.25, 0.3) is 0 Å². The van der Waals surface area contributed by atoms with E-state index in [1.807, 2.05) is 0 Å². The molecule has 0 amide bonds. The quantitative estimate of drug-likeness (QED) is 0.195. The normalized spacial score (nSPS) is 15.9. The molecule has 0 saturated heterocycles. The number of aromatic amines is 1. The Hall–Kier alpha value is -5.92. The molecule has 0 spiro atoms. The van der Waals surface area contributed by atoms with E-state index in [0.717, 1.165) is 6.42 Å². The second-order valence-corrected chi connectivity index (χ2v) is 12.9. The molecule has 47 heavy (non-hydrogen) atoms. The highest BCUT2D eigenvalue weighted by Gasteiger charge is 2.19. The van der Waals surface area contributed by atoms with Crippen LogP contribution < -0.4 is 0 Å². The topological polar surface area (TPSA) is 15.8 Å². The van der Waals surface area contributed by atoms with E-state index < -0.39 is 0 Å². The first-order valence-electron chi connectivity index (χ1n) is 16.5. The Balaban J connectivity index is 1.19. The van der Waals surface area contributed by atoms with Crippen LogP contribution in [0.25, 0.3) is 82.0 Å². The summed E-state index contributed by atoms with van der Waals surface area (Å²) in [6, 6.07) is 47.2. The van der Waals surface area contributed by atoms with E-state index in [1.54, 1.807) is 0 Å². The van der Waals surface area contributed by atoms with Crippen LogP contribution in [0.3, 0.4) is 0 Å². The van der Waals surface area contributed by atoms with Crippen LogP contribution in [0.4, 0.5) is 0 Å². The maximum absolute atomic E-state index is 3.69. The summed E-state index contributed by atoms with van der Waals surface area (Å²) in [5.41, 5.74) is 11.4. The Morgan fingerprint density at radius 2 is 1.13 bits per heavy atom. The molecule has 0 aliphatic heterocycles. The Morgan fingerprint density at radius 3 is 1.87 bits per heavy atom. The van der Waals surface area contributed by atoms with E-state index in [0.29, 0.717) is 5.92 Å². The molecule has 1 atom stereocenters. The third kappa shape index (κ3) is 4.17. The summed E-state index contributed by atoms with van der Waals surface area (Å²) in [4.78, 5) is 3.69. The molecule has 10 rings (SSSR count). The van der Waals surface area contributed by atoms with E-state index in [4.69, 9.17) is 0 Å². The van der Waals surface area contributed by atoms with Crippen LogP contribution in [-0.4, -0.2) is 4.98 Å². The number of benzene rings is 7. The highest BCUT2D eigenvalue weighted by Crippen LogP contribution is 2.45. The minimum atomic E-state index is 0.496. The number of H-pyrrole nitrogens is 1. The highest BCUT2D eigenvalue weighted by molar-refractivity contribution is 6.22. The Morgan fingerprint density at radius 1 is 0.489 bits per heavy atom. The first-order valence-corrected chi connectivity index (χ1v) is 16.5. The maximum Gasteiger partial charge on any atom is 0.0471 e. The number of fused-ring (bicyclic) bond motifs is 7. The van der Waals surface area contributed by atoms with Gasteiger partial charge in [-0.2, -0.15) is 0 Å². The fourth-order valence-corrected chi connectivity index (χ4v) is 8.01. The lowest BCUT2D eigenvalue weighted by Crippen LogP contribution is -2.05. The van der Waals surface area contributed by atoms with Crippen molar-refractivity contribution >= 4 is 59.7 Å². The van der Waals surface area contributed by atoms with Crippen LogP contribution in [0.2, 0.25) is 0 Å². The lowest BCUT2D eigenvalue weighted by atomic mass is 9.82. The zero-order chi connectivity index (χ0) is 30.9. The van der Waals surface area contributed by atoms with Crippen LogP contribution in [0.1, 0.15) is 12.0 Å². The first kappa shape index (κ1) is 26.3. The Kier molecular flexibility index (Phi) is 5.77. The molecule has 2 aliphatic carbocycles. The molecule has 0 fully saturated rings. The van der Waals surface area contributed by atoms with Gasteiger partial charge in [-0.25, -0.2) is 0 Å². The van der Waals surface area contributed by atoms with Crippen LogP contribution in [0.5, 0.6) is 0 Å². The van der Waals surface area contributed by atoms with Crippen molar-refractivity contribution < 1.29 is 0 Å². The third-order valence-corrected chi connectivity index (χ3v) is 10.3. The van der Waals surface area contributed by atoms with Crippen LogP contribution in [0, 0.1) is 5.92 Å². The predicted molar refractivity (Wildman–Crippen MR) is 202 cm³/mol. The SMILES string of the molecule is C1=CC2=CC(c3cccc(-c4c5ccccc5c(-c5ccc6[nH]c7cc8ccccc8cc7c6c5)c5ccccc45)c3)=CCC2C=C1. The van der Waals surface area contributed by atoms with E-state index in [1.165, 1.54) is 93.1 Å². The van der Waals surface area contributed by atoms with Crippen molar-refractivity contribution in [1.82, 2.24) is 4.98 Å². The van der Waals surface area contributed by atoms with Gasteiger partial charge in [0.15, 0.2) is 0 Å². The van der Waals surface area contributed by atoms with E-state index in [-0.39, 0.29) is 0 Å². The van der Waals surface area contributed by atoms with E-state index >= 15 is 0 Å². The van der Waals surface area contributed by atoms with Gasteiger partial charge in [0, 0.05) is 27.7 Å². The standard InChI is InChI=1S/C46H31N/c1-2-11-30-24-34(21-20-29(30)10-1)31-14-9-15-35(25-31)45-37-16-5-7-18-39(37)46(40-19-8-6-17-38(40)45)36-22-23-43-41(27-36)42-26-32-12-3-4-13-33(32)28-44(42)47-43/h1-19,21-29,47H,20H2. The fraction of sp³-hybridized carbons (Fsp3) is 0.0435. The van der Waals surface area contributed by atoms with Gasteiger partial charge in [-0.15, -0.1) is 0 Å². The van der Waals surface area contributed by atoms with Gasteiger partial charge >= 0.3 is 0 Å². The van der Waals surface area contributed by atoms with Crippen LogP contribution in [-0.2, 0) is 0 Å². The summed E-state index contributed by atoms with van der Waals surface area (Å²) in [6.45, 7) is 0. The smallest absolute Gasteiger partial charge is 0.0471 e. The fourth-order valence-electron chi connectivity index (χ4n) is 8.01. The van der Waals surface area contributed by atoms with Crippen molar-refractivity contribution in [3.8, 4) is 22.3 Å². The number of hydrogen-bond acceptors (Lipinski definition) is 0. The van der Waals surface area contributed by atoms with Gasteiger partial charge in [-0.05, 0) is 108 Å². The summed E-state index contributed by atoms with van der Waals surface area (Å²) in [5.74, 6) is 0.496. The molecule has 1 aromatic heterocycles.